The first-order valence-electron chi connectivity index (χ1n) is 11.4. The minimum absolute atomic E-state index is 0.0768. The molecule has 1 saturated carbocycles. The van der Waals surface area contributed by atoms with Gasteiger partial charge in [0.15, 0.2) is 6.61 Å². The number of benzene rings is 2. The third-order valence-corrected chi connectivity index (χ3v) is 6.11. The van der Waals surface area contributed by atoms with Crippen LogP contribution in [0.3, 0.4) is 0 Å². The van der Waals surface area contributed by atoms with Gasteiger partial charge in [-0.15, -0.1) is 0 Å². The molecular formula is C26H32N2O4. The van der Waals surface area contributed by atoms with Crippen LogP contribution in [0, 0.1) is 5.92 Å². The lowest BCUT2D eigenvalue weighted by Crippen LogP contribution is -2.33. The molecule has 0 aliphatic heterocycles. The van der Waals surface area contributed by atoms with Crippen molar-refractivity contribution in [2.75, 3.05) is 11.9 Å². The molecule has 2 amide bonds. The maximum atomic E-state index is 12.8. The number of rotatable bonds is 9. The van der Waals surface area contributed by atoms with Crippen molar-refractivity contribution in [2.24, 2.45) is 5.92 Å². The van der Waals surface area contributed by atoms with E-state index < -0.39 is 24.4 Å². The van der Waals surface area contributed by atoms with Gasteiger partial charge in [-0.2, -0.15) is 0 Å². The molecule has 0 spiro atoms. The van der Waals surface area contributed by atoms with Crippen LogP contribution in [0.15, 0.2) is 54.6 Å². The zero-order valence-electron chi connectivity index (χ0n) is 18.8. The second-order valence-corrected chi connectivity index (χ2v) is 8.43. The Labute approximate surface area is 189 Å². The Kier molecular flexibility index (Phi) is 8.42. The van der Waals surface area contributed by atoms with Gasteiger partial charge >= 0.3 is 5.97 Å². The number of carbonyl (C=O) groups excluding carboxylic acids is 3. The summed E-state index contributed by atoms with van der Waals surface area (Å²) < 4.78 is 5.37. The highest BCUT2D eigenvalue weighted by Gasteiger charge is 2.28. The average Bonchev–Trinajstić information content (AvgIpc) is 3.31. The molecule has 2 atom stereocenters. The van der Waals surface area contributed by atoms with E-state index in [1.807, 2.05) is 44.2 Å². The number of esters is 1. The largest absolute Gasteiger partial charge is 0.455 e. The summed E-state index contributed by atoms with van der Waals surface area (Å²) >= 11 is 0. The van der Waals surface area contributed by atoms with Crippen LogP contribution in [-0.4, -0.2) is 30.4 Å². The number of carbonyl (C=O) groups is 3. The topological polar surface area (TPSA) is 84.5 Å². The van der Waals surface area contributed by atoms with E-state index in [4.69, 9.17) is 4.74 Å². The van der Waals surface area contributed by atoms with Gasteiger partial charge in [-0.25, -0.2) is 0 Å². The monoisotopic (exact) mass is 436 g/mol. The van der Waals surface area contributed by atoms with Crippen LogP contribution in [0.4, 0.5) is 5.69 Å². The van der Waals surface area contributed by atoms with Gasteiger partial charge in [-0.3, -0.25) is 14.4 Å². The molecule has 0 radical (unpaired) electrons. The maximum Gasteiger partial charge on any atom is 0.314 e. The number of nitrogens with one attached hydrogen (secondary N) is 2. The van der Waals surface area contributed by atoms with E-state index >= 15 is 0 Å². The second kappa shape index (κ2) is 11.5. The van der Waals surface area contributed by atoms with Crippen molar-refractivity contribution < 1.29 is 19.1 Å². The molecule has 1 aliphatic rings. The fourth-order valence-corrected chi connectivity index (χ4v) is 4.13. The Hall–Kier alpha value is -3.15. The van der Waals surface area contributed by atoms with Crippen LogP contribution in [0.25, 0.3) is 0 Å². The van der Waals surface area contributed by atoms with Crippen LogP contribution in [-0.2, 0) is 14.3 Å². The van der Waals surface area contributed by atoms with Crippen LogP contribution in [0.5, 0.6) is 0 Å². The summed E-state index contributed by atoms with van der Waals surface area (Å²) in [6, 6.07) is 16.5. The number of ether oxygens (including phenoxy) is 1. The van der Waals surface area contributed by atoms with E-state index in [2.05, 4.69) is 10.6 Å². The van der Waals surface area contributed by atoms with Gasteiger partial charge in [0.1, 0.15) is 0 Å². The normalized spacial score (nSPS) is 15.6. The van der Waals surface area contributed by atoms with Crippen molar-refractivity contribution >= 4 is 23.5 Å². The number of hydrogen-bond acceptors (Lipinski definition) is 4. The van der Waals surface area contributed by atoms with Crippen molar-refractivity contribution in [3.05, 3.63) is 65.7 Å². The third-order valence-electron chi connectivity index (χ3n) is 6.11. The van der Waals surface area contributed by atoms with Crippen molar-refractivity contribution in [1.29, 1.82) is 0 Å². The SMILES string of the molecule is CCC(C)C(C(=O)OCC(=O)Nc1ccccc1C(=O)NC1CCCC1)c1ccccc1. The molecule has 2 aromatic carbocycles. The second-order valence-electron chi connectivity index (χ2n) is 8.43. The molecule has 0 aromatic heterocycles. The van der Waals surface area contributed by atoms with Gasteiger partial charge in [0, 0.05) is 6.04 Å². The molecule has 2 aromatic rings. The third kappa shape index (κ3) is 6.19. The van der Waals surface area contributed by atoms with Crippen LogP contribution >= 0.6 is 0 Å². The van der Waals surface area contributed by atoms with Gasteiger partial charge < -0.3 is 15.4 Å². The summed E-state index contributed by atoms with van der Waals surface area (Å²) in [6.07, 6.45) is 5.01. The Balaban J connectivity index is 1.61. The van der Waals surface area contributed by atoms with Gasteiger partial charge in [0.2, 0.25) is 0 Å². The Morgan fingerprint density at radius 1 is 1.00 bits per heavy atom. The lowest BCUT2D eigenvalue weighted by atomic mass is 9.86. The summed E-state index contributed by atoms with van der Waals surface area (Å²) in [6.45, 7) is 3.61. The van der Waals surface area contributed by atoms with Gasteiger partial charge in [-0.05, 0) is 36.5 Å². The Morgan fingerprint density at radius 3 is 2.34 bits per heavy atom. The van der Waals surface area contributed by atoms with Crippen molar-refractivity contribution in [3.63, 3.8) is 0 Å². The molecule has 32 heavy (non-hydrogen) atoms. The van der Waals surface area contributed by atoms with E-state index in [-0.39, 0.29) is 17.9 Å². The van der Waals surface area contributed by atoms with Gasteiger partial charge in [-0.1, -0.05) is 75.6 Å². The van der Waals surface area contributed by atoms with Crippen LogP contribution in [0.2, 0.25) is 0 Å². The Bertz CT molecular complexity index is 922. The summed E-state index contributed by atoms with van der Waals surface area (Å²) in [7, 11) is 0. The standard InChI is InChI=1S/C26H32N2O4/c1-3-18(2)24(19-11-5-4-6-12-19)26(31)32-17-23(29)28-22-16-10-9-15-21(22)25(30)27-20-13-7-8-14-20/h4-6,9-12,15-16,18,20,24H,3,7-8,13-14,17H2,1-2H3,(H,27,30)(H,28,29). The summed E-state index contributed by atoms with van der Waals surface area (Å²) in [5, 5.41) is 5.75. The van der Waals surface area contributed by atoms with Gasteiger partial charge in [0.25, 0.3) is 11.8 Å². The van der Waals surface area contributed by atoms with E-state index in [0.29, 0.717) is 11.3 Å². The minimum atomic E-state index is -0.476. The molecule has 170 valence electrons. The summed E-state index contributed by atoms with van der Waals surface area (Å²) in [4.78, 5) is 38.0. The highest BCUT2D eigenvalue weighted by atomic mass is 16.5. The molecule has 2 N–H and O–H groups in total. The van der Waals surface area contributed by atoms with Crippen molar-refractivity contribution in [3.8, 4) is 0 Å². The quantitative estimate of drug-likeness (QED) is 0.560. The van der Waals surface area contributed by atoms with Crippen LogP contribution in [0.1, 0.15) is 67.8 Å². The molecule has 1 aliphatic carbocycles. The molecule has 3 rings (SSSR count). The molecule has 6 nitrogen and oxygen atoms in total. The summed E-state index contributed by atoms with van der Waals surface area (Å²) in [5.41, 5.74) is 1.69. The molecule has 1 fully saturated rings. The zero-order valence-corrected chi connectivity index (χ0v) is 18.8. The van der Waals surface area contributed by atoms with Gasteiger partial charge in [0.05, 0.1) is 17.2 Å². The Morgan fingerprint density at radius 2 is 1.66 bits per heavy atom. The van der Waals surface area contributed by atoms with E-state index in [1.165, 1.54) is 0 Å². The highest BCUT2D eigenvalue weighted by molar-refractivity contribution is 6.04. The molecule has 6 heteroatoms. The lowest BCUT2D eigenvalue weighted by Gasteiger charge is -2.22. The first-order chi connectivity index (χ1) is 15.5. The fraction of sp³-hybridized carbons (Fsp3) is 0.423. The first-order valence-corrected chi connectivity index (χ1v) is 11.4. The predicted octanol–water partition coefficient (Wildman–Crippen LogP) is 4.67. The highest BCUT2D eigenvalue weighted by Crippen LogP contribution is 2.28. The van der Waals surface area contributed by atoms with E-state index in [0.717, 1.165) is 37.7 Å². The smallest absolute Gasteiger partial charge is 0.314 e. The number of amides is 2. The zero-order chi connectivity index (χ0) is 22.9. The molecule has 0 bridgehead atoms. The number of para-hydroxylation sites is 1. The molecule has 0 saturated heterocycles. The summed E-state index contributed by atoms with van der Waals surface area (Å²) in [5.74, 6) is -1.46. The number of anilines is 1. The average molecular weight is 437 g/mol. The van der Waals surface area contributed by atoms with E-state index in [1.54, 1.807) is 24.3 Å². The van der Waals surface area contributed by atoms with Crippen molar-refractivity contribution in [1.82, 2.24) is 5.32 Å². The van der Waals surface area contributed by atoms with Crippen LogP contribution < -0.4 is 10.6 Å². The van der Waals surface area contributed by atoms with E-state index in [9.17, 15) is 14.4 Å². The predicted molar refractivity (Wildman–Crippen MR) is 124 cm³/mol. The molecular weight excluding hydrogens is 404 g/mol. The minimum Gasteiger partial charge on any atom is -0.455 e. The molecule has 2 unspecified atom stereocenters. The molecule has 0 heterocycles. The number of hydrogen-bond donors (Lipinski definition) is 2. The maximum absolute atomic E-state index is 12.8. The first kappa shape index (κ1) is 23.5. The lowest BCUT2D eigenvalue weighted by molar-refractivity contribution is -0.150. The fourth-order valence-electron chi connectivity index (χ4n) is 4.13. The van der Waals surface area contributed by atoms with Crippen molar-refractivity contribution in [2.45, 2.75) is 57.9 Å².